The molecule has 4 heteroatoms. The monoisotopic (exact) mass is 288 g/mol. The second-order valence-corrected chi connectivity index (χ2v) is 5.47. The molecule has 0 spiro atoms. The van der Waals surface area contributed by atoms with E-state index in [4.69, 9.17) is 0 Å². The quantitative estimate of drug-likeness (QED) is 0.639. The molecule has 14 heavy (non-hydrogen) atoms. The van der Waals surface area contributed by atoms with E-state index in [2.05, 4.69) is 34.6 Å². The van der Waals surface area contributed by atoms with Crippen molar-refractivity contribution in [1.29, 1.82) is 0 Å². The number of hydrogen-bond acceptors (Lipinski definition) is 3. The van der Waals surface area contributed by atoms with Crippen molar-refractivity contribution in [3.8, 4) is 0 Å². The summed E-state index contributed by atoms with van der Waals surface area (Å²) in [7, 11) is 0. The fraction of sp³-hybridized carbons (Fsp3) is 0.200. The van der Waals surface area contributed by atoms with Crippen LogP contribution in [-0.4, -0.2) is 5.11 Å². The molecule has 1 aromatic heterocycles. The molecular formula is C10H9BrOS2. The van der Waals surface area contributed by atoms with Crippen molar-refractivity contribution in [2.75, 3.05) is 0 Å². The molecule has 0 aliphatic carbocycles. The van der Waals surface area contributed by atoms with Gasteiger partial charge in [0.15, 0.2) is 0 Å². The van der Waals surface area contributed by atoms with Crippen LogP contribution in [0.1, 0.15) is 11.1 Å². The zero-order valence-corrected chi connectivity index (χ0v) is 10.6. The fourth-order valence-corrected chi connectivity index (χ4v) is 3.13. The Hall–Kier alpha value is -0.0300. The molecule has 2 rings (SSSR count). The van der Waals surface area contributed by atoms with Gasteiger partial charge in [0.05, 0.1) is 10.8 Å². The summed E-state index contributed by atoms with van der Waals surface area (Å²) in [6, 6.07) is 6.16. The van der Waals surface area contributed by atoms with Gasteiger partial charge in [-0.3, -0.25) is 0 Å². The first-order chi connectivity index (χ1) is 6.74. The predicted molar refractivity (Wildman–Crippen MR) is 67.6 cm³/mol. The van der Waals surface area contributed by atoms with Gasteiger partial charge < -0.3 is 5.11 Å². The van der Waals surface area contributed by atoms with E-state index < -0.39 is 0 Å². The number of fused-ring (bicyclic) bond motifs is 1. The minimum atomic E-state index is 0.0846. The van der Waals surface area contributed by atoms with Crippen LogP contribution in [0.2, 0.25) is 0 Å². The second-order valence-electron chi connectivity index (χ2n) is 3.04. The lowest BCUT2D eigenvalue weighted by molar-refractivity contribution is 0.283. The number of thiophene rings is 1. The third-order valence-corrected chi connectivity index (χ3v) is 4.03. The summed E-state index contributed by atoms with van der Waals surface area (Å²) in [6.07, 6.45) is 0. The van der Waals surface area contributed by atoms with Crippen LogP contribution in [0.15, 0.2) is 22.4 Å². The molecule has 1 nitrogen and oxygen atoms in total. The maximum atomic E-state index is 9.23. The van der Waals surface area contributed by atoms with Crippen LogP contribution < -0.4 is 0 Å². The van der Waals surface area contributed by atoms with Crippen LogP contribution in [0, 0.1) is 0 Å². The number of hydrogen-bond donors (Lipinski definition) is 2. The zero-order chi connectivity index (χ0) is 10.1. The normalized spacial score (nSPS) is 11.1. The van der Waals surface area contributed by atoms with E-state index in [-0.39, 0.29) is 6.61 Å². The smallest absolute Gasteiger partial charge is 0.0688 e. The van der Waals surface area contributed by atoms with Gasteiger partial charge in [-0.1, -0.05) is 22.0 Å². The second kappa shape index (κ2) is 4.23. The summed E-state index contributed by atoms with van der Waals surface area (Å²) >= 11 is 9.38. The average Bonchev–Trinajstić information content (AvgIpc) is 2.56. The number of aliphatic hydroxyl groups is 1. The molecule has 74 valence electrons. The Balaban J connectivity index is 2.72. The topological polar surface area (TPSA) is 20.2 Å². The van der Waals surface area contributed by atoms with Crippen molar-refractivity contribution in [3.05, 3.63) is 29.3 Å². The van der Waals surface area contributed by atoms with Gasteiger partial charge in [-0.25, -0.2) is 0 Å². The summed E-state index contributed by atoms with van der Waals surface area (Å²) in [5.74, 6) is 0. The molecule has 0 radical (unpaired) electrons. The molecule has 0 amide bonds. The standard InChI is InChI=1S/C10H9BrOS2/c11-4-6-1-7(5-12)8-3-10(13)14-9(8)2-6/h1-3,12-13H,4-5H2. The zero-order valence-electron chi connectivity index (χ0n) is 7.33. The summed E-state index contributed by atoms with van der Waals surface area (Å²) in [5.41, 5.74) is 2.17. The molecule has 1 heterocycles. The molecule has 0 saturated heterocycles. The Morgan fingerprint density at radius 2 is 2.14 bits per heavy atom. The molecule has 2 aromatic rings. The molecule has 0 atom stereocenters. The minimum Gasteiger partial charge on any atom is -0.392 e. The maximum Gasteiger partial charge on any atom is 0.0688 e. The van der Waals surface area contributed by atoms with Gasteiger partial charge in [0.1, 0.15) is 0 Å². The Bertz CT molecular complexity index is 464. The van der Waals surface area contributed by atoms with Crippen LogP contribution in [0.5, 0.6) is 0 Å². The summed E-state index contributed by atoms with van der Waals surface area (Å²) in [5, 5.41) is 11.2. The van der Waals surface area contributed by atoms with Gasteiger partial charge in [0, 0.05) is 10.0 Å². The van der Waals surface area contributed by atoms with Gasteiger partial charge in [0.25, 0.3) is 0 Å². The lowest BCUT2D eigenvalue weighted by atomic mass is 10.1. The van der Waals surface area contributed by atoms with E-state index in [1.54, 1.807) is 11.3 Å². The van der Waals surface area contributed by atoms with Crippen molar-refractivity contribution in [3.63, 3.8) is 0 Å². The number of aliphatic hydroxyl groups excluding tert-OH is 1. The third-order valence-electron chi connectivity index (χ3n) is 2.09. The van der Waals surface area contributed by atoms with Crippen molar-refractivity contribution in [1.82, 2.24) is 0 Å². The van der Waals surface area contributed by atoms with Crippen molar-refractivity contribution in [2.24, 2.45) is 0 Å². The van der Waals surface area contributed by atoms with Gasteiger partial charge in [-0.15, -0.1) is 24.0 Å². The third kappa shape index (κ3) is 1.84. The first-order valence-electron chi connectivity index (χ1n) is 4.15. The van der Waals surface area contributed by atoms with Crippen LogP contribution in [0.4, 0.5) is 0 Å². The predicted octanol–water partition coefficient (Wildman–Crippen LogP) is 3.58. The van der Waals surface area contributed by atoms with E-state index >= 15 is 0 Å². The molecule has 0 bridgehead atoms. The largest absolute Gasteiger partial charge is 0.392 e. The number of halogens is 1. The van der Waals surface area contributed by atoms with Crippen molar-refractivity contribution >= 4 is 50.0 Å². The lowest BCUT2D eigenvalue weighted by Crippen LogP contribution is -1.86. The number of alkyl halides is 1. The van der Waals surface area contributed by atoms with E-state index in [1.807, 2.05) is 12.1 Å². The molecule has 1 aromatic carbocycles. The maximum absolute atomic E-state index is 9.23. The Kier molecular flexibility index (Phi) is 3.17. The van der Waals surface area contributed by atoms with Gasteiger partial charge in [0.2, 0.25) is 0 Å². The van der Waals surface area contributed by atoms with E-state index in [9.17, 15) is 5.11 Å². The van der Waals surface area contributed by atoms with Crippen LogP contribution in [0.25, 0.3) is 10.1 Å². The van der Waals surface area contributed by atoms with Crippen molar-refractivity contribution < 1.29 is 5.11 Å². The summed E-state index contributed by atoms with van der Waals surface area (Å²) in [6.45, 7) is 0.0846. The molecule has 0 aliphatic heterocycles. The first kappa shape index (κ1) is 10.5. The SMILES string of the molecule is OCc1cc(CBr)cc2sc(S)cc12. The summed E-state index contributed by atoms with van der Waals surface area (Å²) < 4.78 is 2.18. The highest BCUT2D eigenvalue weighted by Gasteiger charge is 2.06. The molecule has 0 saturated carbocycles. The number of thiol groups is 1. The van der Waals surface area contributed by atoms with Crippen LogP contribution >= 0.6 is 39.9 Å². The Morgan fingerprint density at radius 1 is 1.36 bits per heavy atom. The highest BCUT2D eigenvalue weighted by Crippen LogP contribution is 2.32. The van der Waals surface area contributed by atoms with Crippen LogP contribution in [0.3, 0.4) is 0 Å². The molecule has 0 unspecified atom stereocenters. The number of benzene rings is 1. The average molecular weight is 289 g/mol. The van der Waals surface area contributed by atoms with Gasteiger partial charge in [-0.2, -0.15) is 0 Å². The van der Waals surface area contributed by atoms with E-state index in [0.29, 0.717) is 0 Å². The van der Waals surface area contributed by atoms with Gasteiger partial charge in [-0.05, 0) is 28.6 Å². The molecule has 1 N–H and O–H groups in total. The molecule has 0 aliphatic rings. The van der Waals surface area contributed by atoms with E-state index in [0.717, 1.165) is 20.5 Å². The highest BCUT2D eigenvalue weighted by atomic mass is 79.9. The Labute approximate surface area is 100 Å². The minimum absolute atomic E-state index is 0.0846. The molecule has 0 fully saturated rings. The Morgan fingerprint density at radius 3 is 2.79 bits per heavy atom. The number of rotatable bonds is 2. The van der Waals surface area contributed by atoms with Crippen molar-refractivity contribution in [2.45, 2.75) is 16.1 Å². The lowest BCUT2D eigenvalue weighted by Gasteiger charge is -2.02. The summed E-state index contributed by atoms with van der Waals surface area (Å²) in [4.78, 5) is 0. The fourth-order valence-electron chi connectivity index (χ4n) is 1.47. The van der Waals surface area contributed by atoms with Crippen LogP contribution in [-0.2, 0) is 11.9 Å². The first-order valence-corrected chi connectivity index (χ1v) is 6.54. The highest BCUT2D eigenvalue weighted by molar-refractivity contribution is 9.08. The van der Waals surface area contributed by atoms with Gasteiger partial charge >= 0.3 is 0 Å². The molecular weight excluding hydrogens is 280 g/mol. The van der Waals surface area contributed by atoms with E-state index in [1.165, 1.54) is 10.3 Å².